The first-order chi connectivity index (χ1) is 8.24. The molecule has 18 heavy (non-hydrogen) atoms. The summed E-state index contributed by atoms with van der Waals surface area (Å²) >= 11 is 3.54. The second-order valence-corrected chi connectivity index (χ2v) is 8.60. The predicted molar refractivity (Wildman–Crippen MR) is 80.8 cm³/mol. The molecule has 0 aliphatic heterocycles. The first kappa shape index (κ1) is 14.8. The Labute approximate surface area is 121 Å². The summed E-state index contributed by atoms with van der Waals surface area (Å²) in [5.41, 5.74) is 0.632. The van der Waals surface area contributed by atoms with Crippen molar-refractivity contribution in [2.24, 2.45) is 34.5 Å². The van der Waals surface area contributed by atoms with Crippen molar-refractivity contribution in [2.45, 2.75) is 60.0 Å². The fraction of sp³-hybridized carbons (Fsp3) is 1.00. The summed E-state index contributed by atoms with van der Waals surface area (Å²) in [6.07, 6.45) is 3.54. The van der Waals surface area contributed by atoms with Gasteiger partial charge in [0.2, 0.25) is 0 Å². The largest absolute Gasteiger partial charge is 0.393 e. The van der Waals surface area contributed by atoms with E-state index in [4.69, 9.17) is 0 Å². The van der Waals surface area contributed by atoms with E-state index in [0.717, 1.165) is 11.8 Å². The zero-order valence-electron chi connectivity index (χ0n) is 12.5. The first-order valence-corrected chi connectivity index (χ1v) is 8.60. The van der Waals surface area contributed by atoms with Crippen molar-refractivity contribution in [1.29, 1.82) is 0 Å². The number of aliphatic hydroxyl groups is 1. The third-order valence-electron chi connectivity index (χ3n) is 6.66. The molecule has 106 valence electrons. The average Bonchev–Trinajstić information content (AvgIpc) is 2.42. The molecule has 0 spiro atoms. The van der Waals surface area contributed by atoms with Gasteiger partial charge in [0.25, 0.3) is 0 Å². The van der Waals surface area contributed by atoms with Crippen LogP contribution in [-0.4, -0.2) is 16.5 Å². The Bertz CT molecular complexity index is 310. The van der Waals surface area contributed by atoms with E-state index in [9.17, 15) is 5.11 Å². The standard InChI is InChI=1S/C16H29BrO/c1-10-15(2,3)12-7-6-11(8-9-17)14(18)13(12)16(10,4)5/h10-14,18H,6-9H2,1-5H3. The molecule has 0 aromatic rings. The van der Waals surface area contributed by atoms with Crippen molar-refractivity contribution >= 4 is 15.9 Å². The van der Waals surface area contributed by atoms with E-state index in [1.807, 2.05) is 0 Å². The van der Waals surface area contributed by atoms with Gasteiger partial charge in [-0.05, 0) is 53.8 Å². The van der Waals surface area contributed by atoms with Gasteiger partial charge in [-0.2, -0.15) is 0 Å². The molecule has 0 amide bonds. The maximum Gasteiger partial charge on any atom is 0.0604 e. The first-order valence-electron chi connectivity index (χ1n) is 7.48. The summed E-state index contributed by atoms with van der Waals surface area (Å²) in [4.78, 5) is 0. The number of halogens is 1. The zero-order valence-corrected chi connectivity index (χ0v) is 14.1. The number of aliphatic hydroxyl groups excluding tert-OH is 1. The number of hydrogen-bond donors (Lipinski definition) is 1. The lowest BCUT2D eigenvalue weighted by molar-refractivity contribution is -0.0522. The maximum atomic E-state index is 10.8. The van der Waals surface area contributed by atoms with E-state index >= 15 is 0 Å². The SMILES string of the molecule is CC1C(C)(C)C2CCC(CCBr)C(O)C2C1(C)C. The lowest BCUT2D eigenvalue weighted by atomic mass is 9.63. The molecule has 0 radical (unpaired) electrons. The fourth-order valence-electron chi connectivity index (χ4n) is 5.09. The molecule has 2 fully saturated rings. The maximum absolute atomic E-state index is 10.8. The second-order valence-electron chi connectivity index (χ2n) is 7.80. The molecule has 0 aromatic carbocycles. The van der Waals surface area contributed by atoms with Gasteiger partial charge in [0, 0.05) is 5.33 Å². The lowest BCUT2D eigenvalue weighted by Crippen LogP contribution is -2.44. The minimum Gasteiger partial charge on any atom is -0.393 e. The van der Waals surface area contributed by atoms with E-state index in [0.29, 0.717) is 29.1 Å². The van der Waals surface area contributed by atoms with Gasteiger partial charge < -0.3 is 5.11 Å². The zero-order chi connectivity index (χ0) is 13.7. The normalized spacial score (nSPS) is 45.8. The molecule has 0 aromatic heterocycles. The molecular weight excluding hydrogens is 288 g/mol. The fourth-order valence-corrected chi connectivity index (χ4v) is 5.68. The van der Waals surface area contributed by atoms with E-state index < -0.39 is 0 Å². The van der Waals surface area contributed by atoms with Crippen molar-refractivity contribution in [1.82, 2.24) is 0 Å². The smallest absolute Gasteiger partial charge is 0.0604 e. The van der Waals surface area contributed by atoms with Gasteiger partial charge in [0.15, 0.2) is 0 Å². The Hall–Kier alpha value is 0.440. The molecule has 5 atom stereocenters. The van der Waals surface area contributed by atoms with Crippen LogP contribution < -0.4 is 0 Å². The Balaban J connectivity index is 2.30. The third-order valence-corrected chi connectivity index (χ3v) is 7.12. The molecule has 2 saturated carbocycles. The van der Waals surface area contributed by atoms with Crippen LogP contribution in [0.2, 0.25) is 0 Å². The van der Waals surface area contributed by atoms with Crippen LogP contribution in [0.5, 0.6) is 0 Å². The summed E-state index contributed by atoms with van der Waals surface area (Å²) in [5.74, 6) is 2.37. The van der Waals surface area contributed by atoms with Crippen LogP contribution in [0.3, 0.4) is 0 Å². The van der Waals surface area contributed by atoms with E-state index in [1.54, 1.807) is 0 Å². The summed E-state index contributed by atoms with van der Waals surface area (Å²) in [6, 6.07) is 0. The van der Waals surface area contributed by atoms with Crippen LogP contribution in [-0.2, 0) is 0 Å². The summed E-state index contributed by atoms with van der Waals surface area (Å²) in [6.45, 7) is 12.0. The number of hydrogen-bond acceptors (Lipinski definition) is 1. The van der Waals surface area contributed by atoms with Crippen LogP contribution >= 0.6 is 15.9 Å². The average molecular weight is 317 g/mol. The van der Waals surface area contributed by atoms with Crippen LogP contribution in [0, 0.1) is 34.5 Å². The Morgan fingerprint density at radius 1 is 1.11 bits per heavy atom. The van der Waals surface area contributed by atoms with Crippen LogP contribution in [0.4, 0.5) is 0 Å². The highest BCUT2D eigenvalue weighted by Gasteiger charge is 2.61. The van der Waals surface area contributed by atoms with Gasteiger partial charge in [0.1, 0.15) is 0 Å². The molecule has 2 aliphatic carbocycles. The van der Waals surface area contributed by atoms with Crippen molar-refractivity contribution < 1.29 is 5.11 Å². The molecule has 0 bridgehead atoms. The topological polar surface area (TPSA) is 20.2 Å². The predicted octanol–water partition coefficient (Wildman–Crippen LogP) is 4.48. The third kappa shape index (κ3) is 1.98. The molecule has 2 aliphatic rings. The van der Waals surface area contributed by atoms with Crippen LogP contribution in [0.25, 0.3) is 0 Å². The minimum absolute atomic E-state index is 0.0967. The van der Waals surface area contributed by atoms with Gasteiger partial charge in [0.05, 0.1) is 6.10 Å². The van der Waals surface area contributed by atoms with Crippen molar-refractivity contribution in [3.63, 3.8) is 0 Å². The Morgan fingerprint density at radius 3 is 2.28 bits per heavy atom. The van der Waals surface area contributed by atoms with Crippen molar-refractivity contribution in [3.05, 3.63) is 0 Å². The molecule has 2 heteroatoms. The van der Waals surface area contributed by atoms with Gasteiger partial charge in [-0.1, -0.05) is 50.5 Å². The van der Waals surface area contributed by atoms with Gasteiger partial charge in [-0.3, -0.25) is 0 Å². The molecule has 1 nitrogen and oxygen atoms in total. The number of alkyl halides is 1. The minimum atomic E-state index is -0.0967. The molecular formula is C16H29BrO. The van der Waals surface area contributed by atoms with Crippen LogP contribution in [0.1, 0.15) is 53.9 Å². The molecule has 1 N–H and O–H groups in total. The molecule has 2 rings (SSSR count). The van der Waals surface area contributed by atoms with Gasteiger partial charge >= 0.3 is 0 Å². The number of fused-ring (bicyclic) bond motifs is 1. The Morgan fingerprint density at radius 2 is 1.72 bits per heavy atom. The summed E-state index contributed by atoms with van der Waals surface area (Å²) in [5, 5.41) is 11.9. The molecule has 5 unspecified atom stereocenters. The van der Waals surface area contributed by atoms with Crippen LogP contribution in [0.15, 0.2) is 0 Å². The van der Waals surface area contributed by atoms with Gasteiger partial charge in [-0.25, -0.2) is 0 Å². The van der Waals surface area contributed by atoms with Crippen molar-refractivity contribution in [3.8, 4) is 0 Å². The molecule has 0 heterocycles. The summed E-state index contributed by atoms with van der Waals surface area (Å²) < 4.78 is 0. The van der Waals surface area contributed by atoms with E-state index in [2.05, 4.69) is 50.5 Å². The lowest BCUT2D eigenvalue weighted by Gasteiger charge is -2.44. The Kier molecular flexibility index (Phi) is 3.93. The van der Waals surface area contributed by atoms with Crippen molar-refractivity contribution in [2.75, 3.05) is 5.33 Å². The highest BCUT2D eigenvalue weighted by molar-refractivity contribution is 9.09. The molecule has 0 saturated heterocycles. The monoisotopic (exact) mass is 316 g/mol. The second kappa shape index (κ2) is 4.77. The highest BCUT2D eigenvalue weighted by atomic mass is 79.9. The highest BCUT2D eigenvalue weighted by Crippen LogP contribution is 2.65. The van der Waals surface area contributed by atoms with E-state index in [1.165, 1.54) is 12.8 Å². The van der Waals surface area contributed by atoms with E-state index in [-0.39, 0.29) is 11.5 Å². The summed E-state index contributed by atoms with van der Waals surface area (Å²) in [7, 11) is 0. The quantitative estimate of drug-likeness (QED) is 0.745. The van der Waals surface area contributed by atoms with Gasteiger partial charge in [-0.15, -0.1) is 0 Å². The number of rotatable bonds is 2.